The van der Waals surface area contributed by atoms with Crippen LogP contribution in [0.4, 0.5) is 5.69 Å². The lowest BCUT2D eigenvalue weighted by Gasteiger charge is -2.23. The summed E-state index contributed by atoms with van der Waals surface area (Å²) in [5.41, 5.74) is 0.849. The maximum Gasteiger partial charge on any atom is 0.234 e. The van der Waals surface area contributed by atoms with Crippen molar-refractivity contribution in [1.29, 1.82) is 0 Å². The third kappa shape index (κ3) is 3.08. The number of anilines is 1. The summed E-state index contributed by atoms with van der Waals surface area (Å²) in [6, 6.07) is 14.9. The quantitative estimate of drug-likeness (QED) is 0.726. The smallest absolute Gasteiger partial charge is 0.234 e. The molecule has 7 nitrogen and oxygen atoms in total. The normalized spacial score (nSPS) is 28.0. The molecule has 31 heavy (non-hydrogen) atoms. The van der Waals surface area contributed by atoms with E-state index in [9.17, 15) is 9.59 Å². The number of amides is 2. The number of para-hydroxylation sites is 1. The number of rotatable bonds is 6. The van der Waals surface area contributed by atoms with Gasteiger partial charge in [-0.25, -0.2) is 0 Å². The highest BCUT2D eigenvalue weighted by Gasteiger charge is 2.67. The Morgan fingerprint density at radius 3 is 2.84 bits per heavy atom. The second-order valence-corrected chi connectivity index (χ2v) is 8.06. The Hall–Kier alpha value is -3.32. The first-order chi connectivity index (χ1) is 15.1. The summed E-state index contributed by atoms with van der Waals surface area (Å²) in [4.78, 5) is 28.3. The van der Waals surface area contributed by atoms with Gasteiger partial charge in [0.1, 0.15) is 17.1 Å². The molecule has 2 aromatic carbocycles. The van der Waals surface area contributed by atoms with Crippen LogP contribution < -0.4 is 19.7 Å². The first-order valence-corrected chi connectivity index (χ1v) is 10.3. The van der Waals surface area contributed by atoms with E-state index < -0.39 is 17.4 Å². The van der Waals surface area contributed by atoms with Crippen LogP contribution in [-0.2, 0) is 20.9 Å². The van der Waals surface area contributed by atoms with Gasteiger partial charge in [-0.1, -0.05) is 36.4 Å². The van der Waals surface area contributed by atoms with Gasteiger partial charge in [0.15, 0.2) is 0 Å². The van der Waals surface area contributed by atoms with Crippen LogP contribution in [0.25, 0.3) is 0 Å². The van der Waals surface area contributed by atoms with E-state index in [1.807, 2.05) is 60.7 Å². The Morgan fingerprint density at radius 2 is 2.03 bits per heavy atom. The Labute approximate surface area is 180 Å². The number of benzene rings is 2. The number of methoxy groups -OCH3 is 2. The Kier molecular flexibility index (Phi) is 4.70. The topological polar surface area (TPSA) is 77.1 Å². The number of fused-ring (bicyclic) bond motifs is 1. The number of hydrogen-bond donors (Lipinski definition) is 1. The van der Waals surface area contributed by atoms with E-state index in [4.69, 9.17) is 14.2 Å². The molecule has 2 fully saturated rings. The molecule has 2 amide bonds. The van der Waals surface area contributed by atoms with Crippen LogP contribution in [0.1, 0.15) is 5.56 Å². The van der Waals surface area contributed by atoms with E-state index in [1.54, 1.807) is 19.1 Å². The molecule has 1 N–H and O–H groups in total. The largest absolute Gasteiger partial charge is 0.497 e. The van der Waals surface area contributed by atoms with Crippen LogP contribution >= 0.6 is 0 Å². The zero-order valence-corrected chi connectivity index (χ0v) is 17.4. The molecule has 7 heteroatoms. The van der Waals surface area contributed by atoms with Gasteiger partial charge in [0.25, 0.3) is 0 Å². The summed E-state index contributed by atoms with van der Waals surface area (Å²) in [7, 11) is 3.19. The first kappa shape index (κ1) is 19.6. The maximum absolute atomic E-state index is 13.4. The molecule has 2 aromatic rings. The summed E-state index contributed by atoms with van der Waals surface area (Å²) >= 11 is 0. The highest BCUT2D eigenvalue weighted by atomic mass is 16.5. The van der Waals surface area contributed by atoms with Gasteiger partial charge in [-0.05, 0) is 18.2 Å². The number of ether oxygens (including phenoxy) is 3. The fourth-order valence-corrected chi connectivity index (χ4v) is 4.94. The van der Waals surface area contributed by atoms with Crippen molar-refractivity contribution in [3.63, 3.8) is 0 Å². The van der Waals surface area contributed by atoms with Gasteiger partial charge in [-0.2, -0.15) is 0 Å². The molecule has 0 unspecified atom stereocenters. The fourth-order valence-electron chi connectivity index (χ4n) is 4.94. The molecule has 4 atom stereocenters. The van der Waals surface area contributed by atoms with E-state index in [1.165, 1.54) is 0 Å². The average Bonchev–Trinajstić information content (AvgIpc) is 3.46. The van der Waals surface area contributed by atoms with Crippen molar-refractivity contribution in [2.45, 2.75) is 18.2 Å². The Bertz CT molecular complexity index is 1070. The molecule has 5 rings (SSSR count). The van der Waals surface area contributed by atoms with Gasteiger partial charge >= 0.3 is 0 Å². The lowest BCUT2D eigenvalue weighted by molar-refractivity contribution is -0.132. The maximum atomic E-state index is 13.4. The van der Waals surface area contributed by atoms with Gasteiger partial charge < -0.3 is 24.4 Å². The minimum atomic E-state index is -0.767. The highest BCUT2D eigenvalue weighted by molar-refractivity contribution is 6.03. The molecule has 3 heterocycles. The summed E-state index contributed by atoms with van der Waals surface area (Å²) in [5, 5.41) is 2.98. The third-order valence-electron chi connectivity index (χ3n) is 6.41. The first-order valence-electron chi connectivity index (χ1n) is 10.3. The Balaban J connectivity index is 1.37. The molecule has 0 saturated carbocycles. The van der Waals surface area contributed by atoms with Crippen molar-refractivity contribution >= 4 is 17.5 Å². The average molecular weight is 420 g/mol. The fraction of sp³-hybridized carbons (Fsp3) is 0.333. The molecular weight excluding hydrogens is 396 g/mol. The number of nitrogens with zero attached hydrogens (tertiary/aromatic N) is 1. The lowest BCUT2D eigenvalue weighted by atomic mass is 9.77. The second kappa shape index (κ2) is 7.42. The van der Waals surface area contributed by atoms with Crippen LogP contribution in [0, 0.1) is 11.8 Å². The summed E-state index contributed by atoms with van der Waals surface area (Å²) in [5.74, 6) is -0.0177. The van der Waals surface area contributed by atoms with Gasteiger partial charge in [0.05, 0.1) is 38.7 Å². The highest BCUT2D eigenvalue weighted by Crippen LogP contribution is 2.52. The van der Waals surface area contributed by atoms with Gasteiger partial charge in [-0.15, -0.1) is 0 Å². The number of hydrogen-bond acceptors (Lipinski definition) is 5. The summed E-state index contributed by atoms with van der Waals surface area (Å²) in [6.45, 7) is 0.705. The molecule has 0 aromatic heterocycles. The zero-order chi connectivity index (χ0) is 21.6. The number of carbonyl (C=O) groups is 2. The monoisotopic (exact) mass is 420 g/mol. The van der Waals surface area contributed by atoms with Crippen molar-refractivity contribution in [2.24, 2.45) is 11.8 Å². The number of nitrogens with one attached hydrogen (secondary N) is 1. The molecule has 3 aliphatic rings. The minimum Gasteiger partial charge on any atom is -0.497 e. The SMILES string of the molecule is COc1cccc(N2C[C@@]34C=C[C@@H](O3)[C@@H](C(=O)NCc3ccccc3OC)[C@@H]4C2=O)c1. The van der Waals surface area contributed by atoms with Crippen molar-refractivity contribution in [2.75, 3.05) is 25.7 Å². The van der Waals surface area contributed by atoms with Gasteiger partial charge in [-0.3, -0.25) is 9.59 Å². The standard InChI is InChI=1S/C24H24N2O5/c1-29-17-8-5-7-16(12-17)26-14-24-11-10-19(31-24)20(21(24)23(26)28)22(27)25-13-15-6-3-4-9-18(15)30-2/h3-12,19-21H,13-14H2,1-2H3,(H,25,27)/t19-,20-,21-,24-/m1/s1. The molecule has 0 aliphatic carbocycles. The van der Waals surface area contributed by atoms with Crippen LogP contribution in [0.2, 0.25) is 0 Å². The Morgan fingerprint density at radius 1 is 1.19 bits per heavy atom. The third-order valence-corrected chi connectivity index (χ3v) is 6.41. The number of carbonyl (C=O) groups excluding carboxylic acids is 2. The molecule has 3 aliphatic heterocycles. The predicted molar refractivity (Wildman–Crippen MR) is 114 cm³/mol. The van der Waals surface area contributed by atoms with Crippen molar-refractivity contribution < 1.29 is 23.8 Å². The van der Waals surface area contributed by atoms with Gasteiger partial charge in [0, 0.05) is 23.9 Å². The van der Waals surface area contributed by atoms with Crippen LogP contribution in [0.3, 0.4) is 0 Å². The van der Waals surface area contributed by atoms with Crippen LogP contribution in [-0.4, -0.2) is 44.3 Å². The van der Waals surface area contributed by atoms with Crippen LogP contribution in [0.5, 0.6) is 11.5 Å². The molecule has 1 spiro atoms. The van der Waals surface area contributed by atoms with E-state index in [0.717, 1.165) is 11.3 Å². The van der Waals surface area contributed by atoms with Crippen molar-refractivity contribution in [3.05, 3.63) is 66.2 Å². The van der Waals surface area contributed by atoms with Crippen molar-refractivity contribution in [1.82, 2.24) is 5.32 Å². The molecule has 160 valence electrons. The van der Waals surface area contributed by atoms with Crippen molar-refractivity contribution in [3.8, 4) is 11.5 Å². The second-order valence-electron chi connectivity index (χ2n) is 8.06. The molecular formula is C24H24N2O5. The predicted octanol–water partition coefficient (Wildman–Crippen LogP) is 2.31. The van der Waals surface area contributed by atoms with E-state index >= 15 is 0 Å². The minimum absolute atomic E-state index is 0.0995. The lowest BCUT2D eigenvalue weighted by Crippen LogP contribution is -2.44. The van der Waals surface area contributed by atoms with Crippen LogP contribution in [0.15, 0.2) is 60.7 Å². The molecule has 2 saturated heterocycles. The zero-order valence-electron chi connectivity index (χ0n) is 17.4. The van der Waals surface area contributed by atoms with E-state index in [-0.39, 0.29) is 17.9 Å². The van der Waals surface area contributed by atoms with E-state index in [0.29, 0.717) is 24.6 Å². The van der Waals surface area contributed by atoms with Gasteiger partial charge in [0.2, 0.25) is 11.8 Å². The molecule has 0 radical (unpaired) electrons. The molecule has 2 bridgehead atoms. The summed E-state index contributed by atoms with van der Waals surface area (Å²) < 4.78 is 16.9. The van der Waals surface area contributed by atoms with E-state index in [2.05, 4.69) is 5.32 Å². The summed E-state index contributed by atoms with van der Waals surface area (Å²) in [6.07, 6.45) is 3.47.